The molecule has 1 aliphatic rings. The van der Waals surface area contributed by atoms with Crippen molar-refractivity contribution in [1.29, 1.82) is 0 Å². The van der Waals surface area contributed by atoms with Gasteiger partial charge in [0.05, 0.1) is 6.42 Å². The Hall–Kier alpha value is -1.25. The van der Waals surface area contributed by atoms with Crippen LogP contribution in [0.2, 0.25) is 0 Å². The summed E-state index contributed by atoms with van der Waals surface area (Å²) in [6, 6.07) is 3.86. The van der Waals surface area contributed by atoms with Gasteiger partial charge in [0.25, 0.3) is 0 Å². The topological polar surface area (TPSA) is 36.1 Å². The maximum atomic E-state index is 11.4. The van der Waals surface area contributed by atoms with Gasteiger partial charge in [-0.05, 0) is 18.6 Å². The van der Waals surface area contributed by atoms with E-state index in [9.17, 15) is 4.79 Å². The van der Waals surface area contributed by atoms with E-state index in [1.165, 1.54) is 0 Å². The van der Waals surface area contributed by atoms with Crippen LogP contribution in [0.1, 0.15) is 12.1 Å². The molecule has 1 amide bonds. The van der Waals surface area contributed by atoms with E-state index in [-0.39, 0.29) is 5.91 Å². The molecule has 0 bridgehead atoms. The van der Waals surface area contributed by atoms with Crippen LogP contribution in [0.25, 0.3) is 0 Å². The van der Waals surface area contributed by atoms with Crippen LogP contribution in [0.15, 0.2) is 18.3 Å². The zero-order valence-electron chi connectivity index (χ0n) is 6.92. The predicted molar refractivity (Wildman–Crippen MR) is 45.7 cm³/mol. The molecule has 1 aliphatic heterocycles. The minimum absolute atomic E-state index is 0.240. The molecule has 0 aromatic carbocycles. The van der Waals surface area contributed by atoms with Crippen molar-refractivity contribution in [3.05, 3.63) is 24.0 Å². The highest BCUT2D eigenvalue weighted by Gasteiger charge is 2.19. The summed E-state index contributed by atoms with van der Waals surface area (Å²) in [6.07, 6.45) is 3.53. The number of hydrogen-bond acceptors (Lipinski definition) is 1. The first-order valence-corrected chi connectivity index (χ1v) is 4.26. The third-order valence-electron chi connectivity index (χ3n) is 2.21. The first-order chi connectivity index (χ1) is 5.86. The van der Waals surface area contributed by atoms with E-state index in [4.69, 9.17) is 0 Å². The second-order valence-electron chi connectivity index (χ2n) is 3.11. The number of aromatic amines is 1. The Morgan fingerprint density at radius 1 is 1.58 bits per heavy atom. The third kappa shape index (κ3) is 1.35. The standard InChI is InChI=1S/C9H12N2O/c12-9(11-5-2-6-11)7-8-3-1-4-10-8/h1,3-4,10H,2,5-7H2. The lowest BCUT2D eigenvalue weighted by molar-refractivity contribution is -0.133. The van der Waals surface area contributed by atoms with Gasteiger partial charge in [-0.2, -0.15) is 0 Å². The quantitative estimate of drug-likeness (QED) is 0.689. The van der Waals surface area contributed by atoms with Crippen molar-refractivity contribution in [2.75, 3.05) is 13.1 Å². The summed E-state index contributed by atoms with van der Waals surface area (Å²) in [7, 11) is 0. The normalized spacial score (nSPS) is 15.8. The lowest BCUT2D eigenvalue weighted by atomic mass is 10.2. The summed E-state index contributed by atoms with van der Waals surface area (Å²) in [5, 5.41) is 0. The van der Waals surface area contributed by atoms with Crippen molar-refractivity contribution in [2.24, 2.45) is 0 Å². The summed E-state index contributed by atoms with van der Waals surface area (Å²) in [5.74, 6) is 0.240. The molecule has 64 valence electrons. The number of aromatic nitrogens is 1. The van der Waals surface area contributed by atoms with Gasteiger partial charge in [-0.25, -0.2) is 0 Å². The molecule has 12 heavy (non-hydrogen) atoms. The average molecular weight is 164 g/mol. The first kappa shape index (κ1) is 7.40. The molecule has 3 nitrogen and oxygen atoms in total. The van der Waals surface area contributed by atoms with Crippen molar-refractivity contribution in [3.8, 4) is 0 Å². The molecule has 1 N–H and O–H groups in total. The second kappa shape index (κ2) is 3.01. The fourth-order valence-corrected chi connectivity index (χ4v) is 1.32. The summed E-state index contributed by atoms with van der Waals surface area (Å²) in [5.41, 5.74) is 1.01. The van der Waals surface area contributed by atoms with Crippen LogP contribution in [0, 0.1) is 0 Å². The fourth-order valence-electron chi connectivity index (χ4n) is 1.32. The summed E-state index contributed by atoms with van der Waals surface area (Å²) in [6.45, 7) is 1.89. The Morgan fingerprint density at radius 3 is 2.92 bits per heavy atom. The molecule has 0 unspecified atom stereocenters. The number of amides is 1. The van der Waals surface area contributed by atoms with E-state index in [2.05, 4.69) is 4.98 Å². The van der Waals surface area contributed by atoms with Gasteiger partial charge in [0, 0.05) is 25.0 Å². The highest BCUT2D eigenvalue weighted by molar-refractivity contribution is 5.78. The Balaban J connectivity index is 1.90. The van der Waals surface area contributed by atoms with Gasteiger partial charge in [0.2, 0.25) is 5.91 Å². The molecule has 1 aromatic rings. The average Bonchev–Trinajstić information content (AvgIpc) is 2.34. The van der Waals surface area contributed by atoms with Crippen molar-refractivity contribution in [3.63, 3.8) is 0 Å². The largest absolute Gasteiger partial charge is 0.365 e. The van der Waals surface area contributed by atoms with Crippen LogP contribution in [-0.2, 0) is 11.2 Å². The lowest BCUT2D eigenvalue weighted by Gasteiger charge is -2.30. The number of nitrogens with zero attached hydrogens (tertiary/aromatic N) is 1. The maximum Gasteiger partial charge on any atom is 0.228 e. The van der Waals surface area contributed by atoms with Gasteiger partial charge in [-0.3, -0.25) is 4.79 Å². The SMILES string of the molecule is O=C(Cc1ccc[nH]1)N1CCC1. The van der Waals surface area contributed by atoms with Gasteiger partial charge in [-0.15, -0.1) is 0 Å². The highest BCUT2D eigenvalue weighted by Crippen LogP contribution is 2.08. The molecule has 1 aromatic heterocycles. The van der Waals surface area contributed by atoms with Crippen LogP contribution >= 0.6 is 0 Å². The van der Waals surface area contributed by atoms with Gasteiger partial charge in [0.15, 0.2) is 0 Å². The van der Waals surface area contributed by atoms with E-state index >= 15 is 0 Å². The smallest absolute Gasteiger partial charge is 0.228 e. The molecule has 0 atom stereocenters. The van der Waals surface area contributed by atoms with Crippen LogP contribution < -0.4 is 0 Å². The number of nitrogens with one attached hydrogen (secondary N) is 1. The molecule has 1 saturated heterocycles. The monoisotopic (exact) mass is 164 g/mol. The Bertz CT molecular complexity index is 262. The van der Waals surface area contributed by atoms with Crippen LogP contribution in [0.3, 0.4) is 0 Å². The number of carbonyl (C=O) groups is 1. The second-order valence-corrected chi connectivity index (χ2v) is 3.11. The van der Waals surface area contributed by atoms with Gasteiger partial charge >= 0.3 is 0 Å². The predicted octanol–water partition coefficient (Wildman–Crippen LogP) is 0.789. The van der Waals surface area contributed by atoms with Crippen LogP contribution in [-0.4, -0.2) is 28.9 Å². The van der Waals surface area contributed by atoms with Crippen molar-refractivity contribution >= 4 is 5.91 Å². The first-order valence-electron chi connectivity index (χ1n) is 4.26. The molecule has 0 radical (unpaired) electrons. The van der Waals surface area contributed by atoms with Gasteiger partial charge in [-0.1, -0.05) is 0 Å². The Morgan fingerprint density at radius 2 is 2.42 bits per heavy atom. The van der Waals surface area contributed by atoms with Crippen molar-refractivity contribution in [2.45, 2.75) is 12.8 Å². The van der Waals surface area contributed by atoms with Crippen LogP contribution in [0.4, 0.5) is 0 Å². The summed E-state index contributed by atoms with van der Waals surface area (Å²) >= 11 is 0. The van der Waals surface area contributed by atoms with E-state index in [0.717, 1.165) is 25.2 Å². The summed E-state index contributed by atoms with van der Waals surface area (Å²) < 4.78 is 0. The number of likely N-dealkylation sites (tertiary alicyclic amines) is 1. The zero-order valence-corrected chi connectivity index (χ0v) is 6.92. The molecule has 2 rings (SSSR count). The van der Waals surface area contributed by atoms with E-state index < -0.39 is 0 Å². The fraction of sp³-hybridized carbons (Fsp3) is 0.444. The third-order valence-corrected chi connectivity index (χ3v) is 2.21. The Kier molecular flexibility index (Phi) is 1.86. The van der Waals surface area contributed by atoms with Crippen molar-refractivity contribution < 1.29 is 4.79 Å². The van der Waals surface area contributed by atoms with Gasteiger partial charge < -0.3 is 9.88 Å². The maximum absolute atomic E-state index is 11.4. The van der Waals surface area contributed by atoms with Crippen LogP contribution in [0.5, 0.6) is 0 Å². The highest BCUT2D eigenvalue weighted by atomic mass is 16.2. The molecular formula is C9H12N2O. The van der Waals surface area contributed by atoms with Gasteiger partial charge in [0.1, 0.15) is 0 Å². The minimum Gasteiger partial charge on any atom is -0.365 e. The number of hydrogen-bond donors (Lipinski definition) is 1. The molecule has 1 fully saturated rings. The Labute approximate surface area is 71.4 Å². The van der Waals surface area contributed by atoms with E-state index in [0.29, 0.717) is 6.42 Å². The zero-order chi connectivity index (χ0) is 8.39. The minimum atomic E-state index is 0.240. The molecular weight excluding hydrogens is 152 g/mol. The van der Waals surface area contributed by atoms with Crippen molar-refractivity contribution in [1.82, 2.24) is 9.88 Å². The number of carbonyl (C=O) groups excluding carboxylic acids is 1. The number of rotatable bonds is 2. The molecule has 0 aliphatic carbocycles. The molecule has 2 heterocycles. The molecule has 3 heteroatoms. The van der Waals surface area contributed by atoms with E-state index in [1.54, 1.807) is 0 Å². The van der Waals surface area contributed by atoms with E-state index in [1.807, 2.05) is 23.2 Å². The summed E-state index contributed by atoms with van der Waals surface area (Å²) in [4.78, 5) is 16.3. The number of H-pyrrole nitrogens is 1. The molecule has 0 spiro atoms. The molecule has 0 saturated carbocycles. The lowest BCUT2D eigenvalue weighted by Crippen LogP contribution is -2.42.